The molecule has 1 amide bonds. The van der Waals surface area contributed by atoms with Gasteiger partial charge in [0, 0.05) is 32.8 Å². The van der Waals surface area contributed by atoms with Gasteiger partial charge in [-0.3, -0.25) is 9.69 Å². The van der Waals surface area contributed by atoms with Gasteiger partial charge in [0.05, 0.1) is 5.56 Å². The molecule has 1 saturated heterocycles. The molecule has 1 aliphatic rings. The molecule has 0 bridgehead atoms. The van der Waals surface area contributed by atoms with E-state index in [0.717, 1.165) is 51.3 Å². The van der Waals surface area contributed by atoms with Gasteiger partial charge in [-0.2, -0.15) is 0 Å². The Morgan fingerprint density at radius 3 is 2.50 bits per heavy atom. The highest BCUT2D eigenvalue weighted by atomic mass is 16.3. The third kappa shape index (κ3) is 3.61. The fraction of sp³-hybridized carbons (Fsp3) is 0.667. The lowest BCUT2D eigenvalue weighted by molar-refractivity contribution is 0.0632. The summed E-state index contributed by atoms with van der Waals surface area (Å²) < 4.78 is 5.43. The van der Waals surface area contributed by atoms with Crippen molar-refractivity contribution in [3.8, 4) is 0 Å². The summed E-state index contributed by atoms with van der Waals surface area (Å²) in [5.74, 6) is 1.57. The van der Waals surface area contributed by atoms with Gasteiger partial charge in [0.25, 0.3) is 5.91 Å². The van der Waals surface area contributed by atoms with Gasteiger partial charge in [0.15, 0.2) is 0 Å². The summed E-state index contributed by atoms with van der Waals surface area (Å²) in [6.45, 7) is 8.32. The van der Waals surface area contributed by atoms with Crippen LogP contribution in [-0.4, -0.2) is 60.1 Å². The standard InChI is InChI=1S/C15H24N2O3/c1-12-11-14(13(2)20-12)15(19)17-8-6-16(7-9-17)5-3-4-10-18/h11,18H,3-10H2,1-2H3. The normalized spacial score (nSPS) is 16.6. The number of rotatable bonds is 5. The van der Waals surface area contributed by atoms with Crippen LogP contribution in [0.4, 0.5) is 0 Å². The number of unbranched alkanes of at least 4 members (excludes halogenated alkanes) is 1. The van der Waals surface area contributed by atoms with Crippen LogP contribution in [0.15, 0.2) is 10.5 Å². The summed E-state index contributed by atoms with van der Waals surface area (Å²) in [6, 6.07) is 1.82. The Hall–Kier alpha value is -1.33. The summed E-state index contributed by atoms with van der Waals surface area (Å²) in [5.41, 5.74) is 0.691. The molecule has 5 nitrogen and oxygen atoms in total. The van der Waals surface area contributed by atoms with Crippen molar-refractivity contribution in [2.75, 3.05) is 39.3 Å². The lowest BCUT2D eigenvalue weighted by Crippen LogP contribution is -2.48. The van der Waals surface area contributed by atoms with Crippen molar-refractivity contribution in [1.29, 1.82) is 0 Å². The van der Waals surface area contributed by atoms with Crippen LogP contribution in [0.1, 0.15) is 34.7 Å². The lowest BCUT2D eigenvalue weighted by atomic mass is 10.2. The molecular formula is C15H24N2O3. The third-order valence-electron chi connectivity index (χ3n) is 3.81. The third-order valence-corrected chi connectivity index (χ3v) is 3.81. The van der Waals surface area contributed by atoms with E-state index in [1.807, 2.05) is 24.8 Å². The number of piperazine rings is 1. The molecule has 1 aromatic rings. The van der Waals surface area contributed by atoms with Crippen LogP contribution in [0.25, 0.3) is 0 Å². The molecule has 1 fully saturated rings. The number of carbonyl (C=O) groups is 1. The lowest BCUT2D eigenvalue weighted by Gasteiger charge is -2.34. The van der Waals surface area contributed by atoms with Crippen molar-refractivity contribution in [2.24, 2.45) is 0 Å². The number of aryl methyl sites for hydroxylation is 2. The Morgan fingerprint density at radius 1 is 1.25 bits per heavy atom. The fourth-order valence-corrected chi connectivity index (χ4v) is 2.64. The molecule has 0 saturated carbocycles. The molecular weight excluding hydrogens is 256 g/mol. The summed E-state index contributed by atoms with van der Waals surface area (Å²) in [5, 5.41) is 8.78. The number of aliphatic hydroxyl groups excluding tert-OH is 1. The summed E-state index contributed by atoms with van der Waals surface area (Å²) in [7, 11) is 0. The molecule has 1 N–H and O–H groups in total. The van der Waals surface area contributed by atoms with Crippen molar-refractivity contribution in [2.45, 2.75) is 26.7 Å². The zero-order chi connectivity index (χ0) is 14.5. The number of aliphatic hydroxyl groups is 1. The van der Waals surface area contributed by atoms with Gasteiger partial charge in [0.1, 0.15) is 11.5 Å². The van der Waals surface area contributed by atoms with Crippen molar-refractivity contribution in [3.63, 3.8) is 0 Å². The topological polar surface area (TPSA) is 56.9 Å². The Balaban J connectivity index is 1.84. The molecule has 20 heavy (non-hydrogen) atoms. The molecule has 5 heteroatoms. The molecule has 1 aliphatic heterocycles. The van der Waals surface area contributed by atoms with E-state index in [9.17, 15) is 4.79 Å². The molecule has 2 rings (SSSR count). The Kier molecular flexibility index (Phi) is 5.20. The molecule has 112 valence electrons. The number of nitrogens with zero attached hydrogens (tertiary/aromatic N) is 2. The smallest absolute Gasteiger partial charge is 0.257 e. The number of carbonyl (C=O) groups excluding carboxylic acids is 1. The first kappa shape index (κ1) is 15.1. The zero-order valence-corrected chi connectivity index (χ0v) is 12.4. The average molecular weight is 280 g/mol. The quantitative estimate of drug-likeness (QED) is 0.829. The van der Waals surface area contributed by atoms with E-state index in [1.54, 1.807) is 0 Å². The fourth-order valence-electron chi connectivity index (χ4n) is 2.64. The number of hydrogen-bond acceptors (Lipinski definition) is 4. The second-order valence-electron chi connectivity index (χ2n) is 5.39. The summed E-state index contributed by atoms with van der Waals surface area (Å²) >= 11 is 0. The molecule has 0 spiro atoms. The van der Waals surface area contributed by atoms with Crippen LogP contribution in [0.3, 0.4) is 0 Å². The minimum atomic E-state index is 0.0781. The van der Waals surface area contributed by atoms with Gasteiger partial charge in [-0.15, -0.1) is 0 Å². The van der Waals surface area contributed by atoms with E-state index < -0.39 is 0 Å². The van der Waals surface area contributed by atoms with E-state index in [4.69, 9.17) is 9.52 Å². The van der Waals surface area contributed by atoms with Gasteiger partial charge in [-0.05, 0) is 39.3 Å². The second kappa shape index (κ2) is 6.90. The highest BCUT2D eigenvalue weighted by Gasteiger charge is 2.24. The molecule has 0 radical (unpaired) electrons. The van der Waals surface area contributed by atoms with Crippen molar-refractivity contribution >= 4 is 5.91 Å². The maximum Gasteiger partial charge on any atom is 0.257 e. The first-order valence-corrected chi connectivity index (χ1v) is 7.31. The van der Waals surface area contributed by atoms with Gasteiger partial charge >= 0.3 is 0 Å². The zero-order valence-electron chi connectivity index (χ0n) is 12.4. The van der Waals surface area contributed by atoms with Crippen molar-refractivity contribution in [3.05, 3.63) is 23.2 Å². The Bertz CT molecular complexity index is 448. The number of furan rings is 1. The highest BCUT2D eigenvalue weighted by Crippen LogP contribution is 2.17. The maximum absolute atomic E-state index is 12.4. The molecule has 0 aliphatic carbocycles. The van der Waals surface area contributed by atoms with E-state index >= 15 is 0 Å². The van der Waals surface area contributed by atoms with Crippen molar-refractivity contribution < 1.29 is 14.3 Å². The second-order valence-corrected chi connectivity index (χ2v) is 5.39. The van der Waals surface area contributed by atoms with Gasteiger partial charge in [0.2, 0.25) is 0 Å². The molecule has 2 heterocycles. The predicted molar refractivity (Wildman–Crippen MR) is 76.8 cm³/mol. The Labute approximate surface area is 120 Å². The minimum absolute atomic E-state index is 0.0781. The summed E-state index contributed by atoms with van der Waals surface area (Å²) in [6.07, 6.45) is 1.87. The molecule has 1 aromatic heterocycles. The van der Waals surface area contributed by atoms with Crippen LogP contribution in [-0.2, 0) is 0 Å². The van der Waals surface area contributed by atoms with Crippen molar-refractivity contribution in [1.82, 2.24) is 9.80 Å². The van der Waals surface area contributed by atoms with Gasteiger partial charge in [-0.1, -0.05) is 0 Å². The van der Waals surface area contributed by atoms with Crippen LogP contribution in [0, 0.1) is 13.8 Å². The first-order valence-electron chi connectivity index (χ1n) is 7.31. The van der Waals surface area contributed by atoms with Crippen LogP contribution in [0.5, 0.6) is 0 Å². The largest absolute Gasteiger partial charge is 0.466 e. The van der Waals surface area contributed by atoms with E-state index in [1.165, 1.54) is 0 Å². The number of amides is 1. The molecule has 0 atom stereocenters. The molecule has 0 unspecified atom stereocenters. The summed E-state index contributed by atoms with van der Waals surface area (Å²) in [4.78, 5) is 16.7. The number of hydrogen-bond donors (Lipinski definition) is 1. The van der Waals surface area contributed by atoms with E-state index in [0.29, 0.717) is 11.3 Å². The van der Waals surface area contributed by atoms with E-state index in [2.05, 4.69) is 4.90 Å². The van der Waals surface area contributed by atoms with E-state index in [-0.39, 0.29) is 12.5 Å². The molecule has 0 aromatic carbocycles. The van der Waals surface area contributed by atoms with Crippen LogP contribution in [0.2, 0.25) is 0 Å². The maximum atomic E-state index is 12.4. The minimum Gasteiger partial charge on any atom is -0.466 e. The predicted octanol–water partition coefficient (Wildman–Crippen LogP) is 1.43. The highest BCUT2D eigenvalue weighted by molar-refractivity contribution is 5.95. The monoisotopic (exact) mass is 280 g/mol. The average Bonchev–Trinajstić information content (AvgIpc) is 2.78. The van der Waals surface area contributed by atoms with Crippen LogP contribution < -0.4 is 0 Å². The van der Waals surface area contributed by atoms with Crippen LogP contribution >= 0.6 is 0 Å². The van der Waals surface area contributed by atoms with Gasteiger partial charge < -0.3 is 14.4 Å². The van der Waals surface area contributed by atoms with Gasteiger partial charge in [-0.25, -0.2) is 0 Å². The Morgan fingerprint density at radius 2 is 1.95 bits per heavy atom. The first-order chi connectivity index (χ1) is 9.61. The SMILES string of the molecule is Cc1cc(C(=O)N2CCN(CCCCO)CC2)c(C)o1.